The number of H-pyrrole nitrogens is 1. The highest BCUT2D eigenvalue weighted by Gasteiger charge is 2.43. The molecule has 1 aromatic heterocycles. The van der Waals surface area contributed by atoms with Crippen molar-refractivity contribution in [2.24, 2.45) is 0 Å². The summed E-state index contributed by atoms with van der Waals surface area (Å²) in [6.07, 6.45) is -9.62. The number of carboxylic acids is 1. The van der Waals surface area contributed by atoms with Gasteiger partial charge in [-0.3, -0.25) is 4.79 Å². The van der Waals surface area contributed by atoms with Crippen LogP contribution in [0.3, 0.4) is 0 Å². The first-order valence-corrected chi connectivity index (χ1v) is 9.23. The Bertz CT molecular complexity index is 1180. The summed E-state index contributed by atoms with van der Waals surface area (Å²) < 4.78 is 79.4. The molecule has 0 saturated carbocycles. The standard InChI is InChI=1S/C21H16F6N2O3/c1-2-10-8-15-12(7-14(10)19(31)32)9-16(28-15)18(30)29-17(21(25,26)27)11-4-3-5-13(6-11)20(22,23)24/h3-9,17,28H,2H2,1H3,(H,29,30)(H,31,32)/p-1. The van der Waals surface area contributed by atoms with Crippen molar-refractivity contribution >= 4 is 22.8 Å². The maximum absolute atomic E-state index is 13.6. The third kappa shape index (κ3) is 4.71. The SMILES string of the molecule is CCc1cc2[nH]c(C(=O)NC(c3cccc(C(F)(F)F)c3)C(F)(F)F)cc2cc1C(=O)[O-]. The zero-order valence-corrected chi connectivity index (χ0v) is 16.3. The largest absolute Gasteiger partial charge is 0.545 e. The number of alkyl halides is 6. The quantitative estimate of drug-likeness (QED) is 0.565. The van der Waals surface area contributed by atoms with Crippen LogP contribution in [-0.4, -0.2) is 23.0 Å². The fourth-order valence-electron chi connectivity index (χ4n) is 3.29. The van der Waals surface area contributed by atoms with Gasteiger partial charge in [0, 0.05) is 16.5 Å². The summed E-state index contributed by atoms with van der Waals surface area (Å²) in [6, 6.07) is 3.71. The highest BCUT2D eigenvalue weighted by Crippen LogP contribution is 2.36. The van der Waals surface area contributed by atoms with Gasteiger partial charge in [0.25, 0.3) is 5.91 Å². The van der Waals surface area contributed by atoms with Gasteiger partial charge in [0.1, 0.15) is 5.69 Å². The first kappa shape index (κ1) is 23.2. The van der Waals surface area contributed by atoms with Crippen molar-refractivity contribution in [3.8, 4) is 0 Å². The van der Waals surface area contributed by atoms with Gasteiger partial charge in [-0.2, -0.15) is 26.3 Å². The minimum Gasteiger partial charge on any atom is -0.545 e. The molecule has 32 heavy (non-hydrogen) atoms. The van der Waals surface area contributed by atoms with E-state index in [9.17, 15) is 41.0 Å². The van der Waals surface area contributed by atoms with Crippen LogP contribution in [0.15, 0.2) is 42.5 Å². The molecule has 1 heterocycles. The number of aromatic nitrogens is 1. The minimum atomic E-state index is -5.08. The Labute approximate surface area is 177 Å². The number of carbonyl (C=O) groups is 2. The Hall–Kier alpha value is -3.50. The highest BCUT2D eigenvalue weighted by molar-refractivity contribution is 6.00. The molecule has 0 aliphatic heterocycles. The zero-order chi connectivity index (χ0) is 23.8. The van der Waals surface area contributed by atoms with Gasteiger partial charge in [0.15, 0.2) is 6.04 Å². The van der Waals surface area contributed by atoms with Crippen LogP contribution in [0.5, 0.6) is 0 Å². The van der Waals surface area contributed by atoms with Crippen LogP contribution in [0, 0.1) is 0 Å². The van der Waals surface area contributed by atoms with E-state index in [0.29, 0.717) is 29.6 Å². The van der Waals surface area contributed by atoms with Crippen molar-refractivity contribution in [3.63, 3.8) is 0 Å². The van der Waals surface area contributed by atoms with Crippen LogP contribution in [0.4, 0.5) is 26.3 Å². The van der Waals surface area contributed by atoms with Gasteiger partial charge in [0.2, 0.25) is 0 Å². The number of carbonyl (C=O) groups excluding carboxylic acids is 2. The summed E-state index contributed by atoms with van der Waals surface area (Å²) in [5.41, 5.74) is -1.82. The molecular formula is C21H15F6N2O3-. The fraction of sp³-hybridized carbons (Fsp3) is 0.238. The van der Waals surface area contributed by atoms with E-state index in [0.717, 1.165) is 18.2 Å². The van der Waals surface area contributed by atoms with E-state index in [1.54, 1.807) is 12.2 Å². The van der Waals surface area contributed by atoms with Gasteiger partial charge in [0.05, 0.1) is 11.5 Å². The molecule has 3 rings (SSSR count). The fourth-order valence-corrected chi connectivity index (χ4v) is 3.29. The van der Waals surface area contributed by atoms with Crippen molar-refractivity contribution in [2.75, 3.05) is 0 Å². The first-order valence-electron chi connectivity index (χ1n) is 9.23. The Morgan fingerprint density at radius 1 is 1.06 bits per heavy atom. The van der Waals surface area contributed by atoms with Crippen LogP contribution in [0.2, 0.25) is 0 Å². The number of aryl methyl sites for hydroxylation is 1. The molecule has 5 nitrogen and oxygen atoms in total. The van der Waals surface area contributed by atoms with E-state index >= 15 is 0 Å². The van der Waals surface area contributed by atoms with Gasteiger partial charge in [-0.05, 0) is 47.9 Å². The molecule has 0 spiro atoms. The van der Waals surface area contributed by atoms with Gasteiger partial charge in [-0.1, -0.05) is 19.1 Å². The monoisotopic (exact) mass is 457 g/mol. The molecule has 0 radical (unpaired) electrons. The predicted octanol–water partition coefficient (Wildman–Crippen LogP) is 4.15. The van der Waals surface area contributed by atoms with E-state index in [4.69, 9.17) is 0 Å². The average Bonchev–Trinajstić information content (AvgIpc) is 3.12. The summed E-state index contributed by atoms with van der Waals surface area (Å²) in [5, 5.41) is 13.2. The van der Waals surface area contributed by atoms with E-state index in [1.807, 2.05) is 0 Å². The van der Waals surface area contributed by atoms with Crippen molar-refractivity contribution < 1.29 is 41.0 Å². The lowest BCUT2D eigenvalue weighted by atomic mass is 10.0. The molecule has 1 unspecified atom stereocenters. The lowest BCUT2D eigenvalue weighted by molar-refractivity contribution is -0.255. The summed E-state index contributed by atoms with van der Waals surface area (Å²) in [4.78, 5) is 26.4. The maximum atomic E-state index is 13.6. The third-order valence-corrected chi connectivity index (χ3v) is 4.84. The number of aromatic carboxylic acids is 1. The molecule has 170 valence electrons. The Balaban J connectivity index is 1.97. The molecule has 0 fully saturated rings. The number of hydrogen-bond acceptors (Lipinski definition) is 3. The zero-order valence-electron chi connectivity index (χ0n) is 16.3. The van der Waals surface area contributed by atoms with E-state index in [2.05, 4.69) is 4.98 Å². The second-order valence-corrected chi connectivity index (χ2v) is 6.99. The number of aromatic amines is 1. The van der Waals surface area contributed by atoms with E-state index in [1.165, 1.54) is 12.1 Å². The van der Waals surface area contributed by atoms with Crippen LogP contribution >= 0.6 is 0 Å². The average molecular weight is 457 g/mol. The summed E-state index contributed by atoms with van der Waals surface area (Å²) in [5.74, 6) is -2.67. The van der Waals surface area contributed by atoms with E-state index < -0.39 is 41.4 Å². The number of carboxylic acid groups (broad SMARTS) is 1. The van der Waals surface area contributed by atoms with Crippen LogP contribution in [0.1, 0.15) is 50.5 Å². The number of rotatable bonds is 5. The Morgan fingerprint density at radius 3 is 2.31 bits per heavy atom. The molecule has 11 heteroatoms. The summed E-state index contributed by atoms with van der Waals surface area (Å²) in [7, 11) is 0. The molecule has 1 amide bonds. The van der Waals surface area contributed by atoms with E-state index in [-0.39, 0.29) is 16.6 Å². The molecule has 1 atom stereocenters. The number of fused-ring (bicyclic) bond motifs is 1. The summed E-state index contributed by atoms with van der Waals surface area (Å²) in [6.45, 7) is 1.69. The van der Waals surface area contributed by atoms with Crippen molar-refractivity contribution in [1.29, 1.82) is 0 Å². The van der Waals surface area contributed by atoms with Gasteiger partial charge >= 0.3 is 12.4 Å². The molecule has 0 aliphatic rings. The molecule has 2 aromatic carbocycles. The normalized spacial score (nSPS) is 13.2. The minimum absolute atomic E-state index is 0.122. The first-order chi connectivity index (χ1) is 14.8. The highest BCUT2D eigenvalue weighted by atomic mass is 19.4. The summed E-state index contributed by atoms with van der Waals surface area (Å²) >= 11 is 0. The number of nitrogens with one attached hydrogen (secondary N) is 2. The molecule has 0 saturated heterocycles. The van der Waals surface area contributed by atoms with Crippen LogP contribution in [-0.2, 0) is 12.6 Å². The number of halogens is 6. The lowest BCUT2D eigenvalue weighted by Gasteiger charge is -2.22. The second-order valence-electron chi connectivity index (χ2n) is 6.99. The molecule has 0 aliphatic carbocycles. The van der Waals surface area contributed by atoms with Gasteiger partial charge in [-0.25, -0.2) is 0 Å². The molecule has 3 aromatic rings. The van der Waals surface area contributed by atoms with Crippen LogP contribution < -0.4 is 10.4 Å². The van der Waals surface area contributed by atoms with Crippen LogP contribution in [0.25, 0.3) is 10.9 Å². The molecular weight excluding hydrogens is 442 g/mol. The maximum Gasteiger partial charge on any atom is 0.416 e. The van der Waals surface area contributed by atoms with Gasteiger partial charge < -0.3 is 20.2 Å². The van der Waals surface area contributed by atoms with Crippen molar-refractivity contribution in [2.45, 2.75) is 31.7 Å². The topological polar surface area (TPSA) is 85.0 Å². The van der Waals surface area contributed by atoms with Crippen molar-refractivity contribution in [1.82, 2.24) is 10.3 Å². The second kappa shape index (κ2) is 8.21. The Kier molecular flexibility index (Phi) is 5.94. The molecule has 0 bridgehead atoms. The third-order valence-electron chi connectivity index (χ3n) is 4.84. The van der Waals surface area contributed by atoms with Crippen molar-refractivity contribution in [3.05, 3.63) is 70.4 Å². The predicted molar refractivity (Wildman–Crippen MR) is 99.7 cm³/mol. The van der Waals surface area contributed by atoms with Gasteiger partial charge in [-0.15, -0.1) is 0 Å². The number of benzene rings is 2. The Morgan fingerprint density at radius 2 is 1.75 bits per heavy atom. The number of hydrogen-bond donors (Lipinski definition) is 2. The molecule has 2 N–H and O–H groups in total. The lowest BCUT2D eigenvalue weighted by Crippen LogP contribution is -2.38. The smallest absolute Gasteiger partial charge is 0.416 e. The number of amides is 1.